The van der Waals surface area contributed by atoms with Gasteiger partial charge in [-0.25, -0.2) is 0 Å². The first-order valence-electron chi connectivity index (χ1n) is 5.94. The quantitative estimate of drug-likeness (QED) is 0.399. The molecule has 3 N–H and O–H groups in total. The molecule has 0 aliphatic rings. The zero-order valence-corrected chi connectivity index (χ0v) is 11.2. The van der Waals surface area contributed by atoms with Gasteiger partial charge in [-0.1, -0.05) is 0 Å². The molecule has 0 saturated heterocycles. The van der Waals surface area contributed by atoms with Crippen LogP contribution in [0.5, 0.6) is 0 Å². The smallest absolute Gasteiger partial charge is 0.270 e. The number of nitro benzene ring substituents is 1. The van der Waals surface area contributed by atoms with E-state index in [4.69, 9.17) is 0 Å². The largest absolute Gasteiger partial charge is 0.387 e. The molecule has 0 radical (unpaired) electrons. The summed E-state index contributed by atoms with van der Waals surface area (Å²) in [6, 6.07) is 4.00. The van der Waals surface area contributed by atoms with Crippen LogP contribution in [0.2, 0.25) is 0 Å². The Balaban J connectivity index is 2.77. The minimum atomic E-state index is -0.562. The Morgan fingerprint density at radius 1 is 1.25 bits per heavy atom. The highest BCUT2D eigenvalue weighted by Gasteiger charge is 2.15. The van der Waals surface area contributed by atoms with Crippen LogP contribution in [-0.4, -0.2) is 36.9 Å². The lowest BCUT2D eigenvalue weighted by Gasteiger charge is -2.10. The highest BCUT2D eigenvalue weighted by molar-refractivity contribution is 6.00. The van der Waals surface area contributed by atoms with E-state index in [9.17, 15) is 19.7 Å². The first-order chi connectivity index (χ1) is 9.45. The zero-order chi connectivity index (χ0) is 15.1. The SMILES string of the molecule is CNc1ccc([N+](=O)[O-])cc1C(=O)NCCNC(C)=O. The topological polar surface area (TPSA) is 113 Å². The molecule has 0 spiro atoms. The van der Waals surface area contributed by atoms with E-state index >= 15 is 0 Å². The minimum absolute atomic E-state index is 0.156. The van der Waals surface area contributed by atoms with Gasteiger partial charge in [0.05, 0.1) is 10.5 Å². The first-order valence-corrected chi connectivity index (χ1v) is 5.94. The van der Waals surface area contributed by atoms with Crippen molar-refractivity contribution < 1.29 is 14.5 Å². The maximum atomic E-state index is 12.0. The predicted octanol–water partition coefficient (Wildman–Crippen LogP) is 0.502. The van der Waals surface area contributed by atoms with Crippen LogP contribution >= 0.6 is 0 Å². The van der Waals surface area contributed by atoms with Crippen LogP contribution in [0, 0.1) is 10.1 Å². The maximum absolute atomic E-state index is 12.0. The highest BCUT2D eigenvalue weighted by atomic mass is 16.6. The average molecular weight is 280 g/mol. The minimum Gasteiger partial charge on any atom is -0.387 e. The highest BCUT2D eigenvalue weighted by Crippen LogP contribution is 2.21. The summed E-state index contributed by atoms with van der Waals surface area (Å²) in [7, 11) is 1.62. The van der Waals surface area contributed by atoms with Crippen molar-refractivity contribution in [3.63, 3.8) is 0 Å². The number of hydrogen-bond acceptors (Lipinski definition) is 5. The van der Waals surface area contributed by atoms with Crippen molar-refractivity contribution >= 4 is 23.2 Å². The van der Waals surface area contributed by atoms with Crippen molar-refractivity contribution in [1.29, 1.82) is 0 Å². The number of amides is 2. The number of nitrogens with zero attached hydrogens (tertiary/aromatic N) is 1. The van der Waals surface area contributed by atoms with Gasteiger partial charge in [-0.15, -0.1) is 0 Å². The molecule has 0 saturated carbocycles. The number of benzene rings is 1. The Hall–Kier alpha value is -2.64. The molecule has 1 aromatic rings. The molecule has 8 nitrogen and oxygen atoms in total. The van der Waals surface area contributed by atoms with Crippen molar-refractivity contribution in [3.8, 4) is 0 Å². The van der Waals surface area contributed by atoms with Gasteiger partial charge in [0.25, 0.3) is 11.6 Å². The molecule has 0 atom stereocenters. The fraction of sp³-hybridized carbons (Fsp3) is 0.333. The van der Waals surface area contributed by atoms with Gasteiger partial charge < -0.3 is 16.0 Å². The van der Waals surface area contributed by atoms with Crippen LogP contribution < -0.4 is 16.0 Å². The van der Waals surface area contributed by atoms with Crippen molar-refractivity contribution in [2.24, 2.45) is 0 Å². The molecule has 8 heteroatoms. The molecule has 0 bridgehead atoms. The number of non-ortho nitro benzene ring substituents is 1. The molecular weight excluding hydrogens is 264 g/mol. The van der Waals surface area contributed by atoms with E-state index in [1.54, 1.807) is 7.05 Å². The fourth-order valence-electron chi connectivity index (χ4n) is 1.56. The molecule has 0 aliphatic carbocycles. The summed E-state index contributed by atoms with van der Waals surface area (Å²) >= 11 is 0. The lowest BCUT2D eigenvalue weighted by atomic mass is 10.1. The van der Waals surface area contributed by atoms with Crippen LogP contribution in [0.1, 0.15) is 17.3 Å². The third-order valence-corrected chi connectivity index (χ3v) is 2.51. The predicted molar refractivity (Wildman–Crippen MR) is 73.7 cm³/mol. The third-order valence-electron chi connectivity index (χ3n) is 2.51. The van der Waals surface area contributed by atoms with Crippen LogP contribution in [0.25, 0.3) is 0 Å². The molecule has 108 valence electrons. The van der Waals surface area contributed by atoms with Crippen molar-refractivity contribution in [2.45, 2.75) is 6.92 Å². The van der Waals surface area contributed by atoms with Gasteiger partial charge in [0.1, 0.15) is 0 Å². The van der Waals surface area contributed by atoms with E-state index in [1.165, 1.54) is 25.1 Å². The van der Waals surface area contributed by atoms with Gasteiger partial charge in [-0.2, -0.15) is 0 Å². The van der Waals surface area contributed by atoms with E-state index in [2.05, 4.69) is 16.0 Å². The van der Waals surface area contributed by atoms with Gasteiger partial charge in [0, 0.05) is 44.9 Å². The number of carbonyl (C=O) groups is 2. The Labute approximate surface area is 115 Å². The zero-order valence-electron chi connectivity index (χ0n) is 11.2. The van der Waals surface area contributed by atoms with Gasteiger partial charge in [0.2, 0.25) is 5.91 Å². The van der Waals surface area contributed by atoms with Crippen molar-refractivity contribution in [1.82, 2.24) is 10.6 Å². The summed E-state index contributed by atoms with van der Waals surface area (Å²) in [5, 5.41) is 18.6. The van der Waals surface area contributed by atoms with E-state index in [0.29, 0.717) is 12.2 Å². The van der Waals surface area contributed by atoms with E-state index < -0.39 is 10.8 Å². The molecule has 0 fully saturated rings. The van der Waals surface area contributed by atoms with Gasteiger partial charge in [-0.3, -0.25) is 19.7 Å². The monoisotopic (exact) mass is 280 g/mol. The van der Waals surface area contributed by atoms with Gasteiger partial charge in [-0.05, 0) is 6.07 Å². The van der Waals surface area contributed by atoms with E-state index in [-0.39, 0.29) is 23.7 Å². The van der Waals surface area contributed by atoms with Gasteiger partial charge >= 0.3 is 0 Å². The summed E-state index contributed by atoms with van der Waals surface area (Å²) in [6.07, 6.45) is 0. The van der Waals surface area contributed by atoms with Crippen molar-refractivity contribution in [2.75, 3.05) is 25.5 Å². The van der Waals surface area contributed by atoms with Gasteiger partial charge in [0.15, 0.2) is 0 Å². The second-order valence-corrected chi connectivity index (χ2v) is 3.98. The number of carbonyl (C=O) groups excluding carboxylic acids is 2. The van der Waals surface area contributed by atoms with E-state index in [0.717, 1.165) is 0 Å². The molecule has 20 heavy (non-hydrogen) atoms. The van der Waals surface area contributed by atoms with Crippen LogP contribution in [0.4, 0.5) is 11.4 Å². The molecule has 1 aromatic carbocycles. The Kier molecular flexibility index (Phi) is 5.45. The van der Waals surface area contributed by atoms with E-state index in [1.807, 2.05) is 0 Å². The van der Waals surface area contributed by atoms with Crippen LogP contribution in [0.15, 0.2) is 18.2 Å². The number of hydrogen-bond donors (Lipinski definition) is 3. The third kappa shape index (κ3) is 4.23. The Bertz CT molecular complexity index is 530. The Morgan fingerprint density at radius 2 is 1.90 bits per heavy atom. The number of nitro groups is 1. The molecule has 0 unspecified atom stereocenters. The standard InChI is InChI=1S/C12H16N4O4/c1-8(17)14-5-6-15-12(18)10-7-9(16(19)20)3-4-11(10)13-2/h3-4,7,13H,5-6H2,1-2H3,(H,14,17)(H,15,18). The summed E-state index contributed by atoms with van der Waals surface area (Å²) in [6.45, 7) is 1.91. The van der Waals surface area contributed by atoms with Crippen LogP contribution in [-0.2, 0) is 4.79 Å². The normalized spacial score (nSPS) is 9.70. The lowest BCUT2D eigenvalue weighted by Crippen LogP contribution is -2.33. The number of rotatable bonds is 6. The molecule has 0 aromatic heterocycles. The average Bonchev–Trinajstić information content (AvgIpc) is 2.42. The summed E-state index contributed by atoms with van der Waals surface area (Å²) < 4.78 is 0. The fourth-order valence-corrected chi connectivity index (χ4v) is 1.56. The molecule has 0 aliphatic heterocycles. The lowest BCUT2D eigenvalue weighted by molar-refractivity contribution is -0.384. The Morgan fingerprint density at radius 3 is 2.45 bits per heavy atom. The number of anilines is 1. The second-order valence-electron chi connectivity index (χ2n) is 3.98. The molecule has 0 heterocycles. The maximum Gasteiger partial charge on any atom is 0.270 e. The molecule has 2 amide bonds. The first kappa shape index (κ1) is 15.4. The van der Waals surface area contributed by atoms with Crippen LogP contribution in [0.3, 0.4) is 0 Å². The summed E-state index contributed by atoms with van der Waals surface area (Å²) in [5.74, 6) is -0.631. The summed E-state index contributed by atoms with van der Waals surface area (Å²) in [5.41, 5.74) is 0.521. The summed E-state index contributed by atoms with van der Waals surface area (Å²) in [4.78, 5) is 32.8. The second kappa shape index (κ2) is 7.07. The molecular formula is C12H16N4O4. The van der Waals surface area contributed by atoms with Crippen molar-refractivity contribution in [3.05, 3.63) is 33.9 Å². The molecule has 1 rings (SSSR count). The number of nitrogens with one attached hydrogen (secondary N) is 3.